The summed E-state index contributed by atoms with van der Waals surface area (Å²) in [6.07, 6.45) is 0.0803. The fourth-order valence-electron chi connectivity index (χ4n) is 2.43. The van der Waals surface area contributed by atoms with Gasteiger partial charge in [-0.05, 0) is 26.0 Å². The summed E-state index contributed by atoms with van der Waals surface area (Å²) in [5.41, 5.74) is 1.23. The SMILES string of the molecule is CC1CN(C(=O)c2ccccc2C#CCO)CC(C)O1. The summed E-state index contributed by atoms with van der Waals surface area (Å²) in [6.45, 7) is 4.89. The van der Waals surface area contributed by atoms with E-state index in [1.165, 1.54) is 0 Å². The van der Waals surface area contributed by atoms with Crippen LogP contribution in [0, 0.1) is 11.8 Å². The van der Waals surface area contributed by atoms with E-state index < -0.39 is 0 Å². The van der Waals surface area contributed by atoms with E-state index >= 15 is 0 Å². The van der Waals surface area contributed by atoms with E-state index in [4.69, 9.17) is 9.84 Å². The topological polar surface area (TPSA) is 49.8 Å². The highest BCUT2D eigenvalue weighted by Gasteiger charge is 2.27. The quantitative estimate of drug-likeness (QED) is 0.784. The summed E-state index contributed by atoms with van der Waals surface area (Å²) < 4.78 is 5.64. The van der Waals surface area contributed by atoms with Gasteiger partial charge in [0, 0.05) is 18.7 Å². The van der Waals surface area contributed by atoms with Crippen LogP contribution in [0.5, 0.6) is 0 Å². The molecular weight excluding hydrogens is 254 g/mol. The number of benzene rings is 1. The number of hydrogen-bond acceptors (Lipinski definition) is 3. The first-order valence-corrected chi connectivity index (χ1v) is 6.75. The highest BCUT2D eigenvalue weighted by atomic mass is 16.5. The van der Waals surface area contributed by atoms with E-state index in [1.54, 1.807) is 17.0 Å². The molecule has 1 heterocycles. The summed E-state index contributed by atoms with van der Waals surface area (Å²) in [5.74, 6) is 5.38. The van der Waals surface area contributed by atoms with Crippen LogP contribution < -0.4 is 0 Å². The number of aliphatic hydroxyl groups excluding tert-OH is 1. The molecule has 106 valence electrons. The molecule has 0 aliphatic carbocycles. The van der Waals surface area contributed by atoms with Crippen molar-refractivity contribution in [2.75, 3.05) is 19.7 Å². The predicted octanol–water partition coefficient (Wildman–Crippen LogP) is 1.28. The normalized spacial score (nSPS) is 22.1. The van der Waals surface area contributed by atoms with Crippen LogP contribution in [-0.2, 0) is 4.74 Å². The van der Waals surface area contributed by atoms with Gasteiger partial charge in [0.05, 0.1) is 17.8 Å². The highest BCUT2D eigenvalue weighted by Crippen LogP contribution is 2.16. The predicted molar refractivity (Wildman–Crippen MR) is 76.3 cm³/mol. The minimum atomic E-state index is -0.214. The van der Waals surface area contributed by atoms with Crippen LogP contribution in [-0.4, -0.2) is 47.8 Å². The maximum absolute atomic E-state index is 12.6. The Morgan fingerprint density at radius 1 is 1.35 bits per heavy atom. The maximum Gasteiger partial charge on any atom is 0.255 e. The number of nitrogens with zero attached hydrogens (tertiary/aromatic N) is 1. The summed E-state index contributed by atoms with van der Waals surface area (Å²) >= 11 is 0. The van der Waals surface area contributed by atoms with Gasteiger partial charge in [0.1, 0.15) is 6.61 Å². The molecule has 1 fully saturated rings. The third kappa shape index (κ3) is 3.38. The molecule has 2 rings (SSSR count). The van der Waals surface area contributed by atoms with Crippen molar-refractivity contribution < 1.29 is 14.6 Å². The molecule has 4 heteroatoms. The number of amides is 1. The molecule has 0 radical (unpaired) electrons. The lowest BCUT2D eigenvalue weighted by Gasteiger charge is -2.35. The lowest BCUT2D eigenvalue weighted by atomic mass is 10.1. The lowest BCUT2D eigenvalue weighted by molar-refractivity contribution is -0.0586. The average molecular weight is 273 g/mol. The Hall–Kier alpha value is -1.83. The number of carbonyl (C=O) groups is 1. The van der Waals surface area contributed by atoms with Crippen LogP contribution in [0.4, 0.5) is 0 Å². The van der Waals surface area contributed by atoms with Crippen LogP contribution in [0.3, 0.4) is 0 Å². The molecule has 0 spiro atoms. The van der Waals surface area contributed by atoms with Crippen LogP contribution in [0.25, 0.3) is 0 Å². The molecule has 0 saturated carbocycles. The number of ether oxygens (including phenoxy) is 1. The molecule has 0 bridgehead atoms. The Morgan fingerprint density at radius 2 is 2.00 bits per heavy atom. The standard InChI is InChI=1S/C16H19NO3/c1-12-10-17(11-13(2)20-12)16(19)15-8-4-3-6-14(15)7-5-9-18/h3-4,6,8,12-13,18H,9-11H2,1-2H3. The van der Waals surface area contributed by atoms with Crippen LogP contribution in [0.15, 0.2) is 24.3 Å². The third-order valence-corrected chi connectivity index (χ3v) is 3.17. The Labute approximate surface area is 119 Å². The van der Waals surface area contributed by atoms with E-state index in [0.717, 1.165) is 0 Å². The number of morpholine rings is 1. The van der Waals surface area contributed by atoms with E-state index in [0.29, 0.717) is 24.2 Å². The fourth-order valence-corrected chi connectivity index (χ4v) is 2.43. The van der Waals surface area contributed by atoms with Crippen LogP contribution in [0.1, 0.15) is 29.8 Å². The van der Waals surface area contributed by atoms with Gasteiger partial charge in [-0.2, -0.15) is 0 Å². The average Bonchev–Trinajstić information content (AvgIpc) is 2.43. The molecular formula is C16H19NO3. The van der Waals surface area contributed by atoms with Gasteiger partial charge < -0.3 is 14.7 Å². The van der Waals surface area contributed by atoms with Gasteiger partial charge in [0.25, 0.3) is 5.91 Å². The Bertz CT molecular complexity index is 534. The summed E-state index contributed by atoms with van der Waals surface area (Å²) in [7, 11) is 0. The summed E-state index contributed by atoms with van der Waals surface area (Å²) in [4.78, 5) is 14.4. The zero-order valence-electron chi connectivity index (χ0n) is 11.8. The van der Waals surface area contributed by atoms with Gasteiger partial charge >= 0.3 is 0 Å². The molecule has 1 aromatic carbocycles. The van der Waals surface area contributed by atoms with Crippen molar-refractivity contribution in [1.29, 1.82) is 0 Å². The highest BCUT2D eigenvalue weighted by molar-refractivity contribution is 5.96. The molecule has 1 aliphatic rings. The largest absolute Gasteiger partial charge is 0.384 e. The van der Waals surface area contributed by atoms with Crippen molar-refractivity contribution in [1.82, 2.24) is 4.90 Å². The number of hydrogen-bond donors (Lipinski definition) is 1. The molecule has 20 heavy (non-hydrogen) atoms. The van der Waals surface area contributed by atoms with Crippen LogP contribution in [0.2, 0.25) is 0 Å². The van der Waals surface area contributed by atoms with E-state index in [1.807, 2.05) is 26.0 Å². The van der Waals surface area contributed by atoms with E-state index in [9.17, 15) is 4.79 Å². The Morgan fingerprint density at radius 3 is 2.65 bits per heavy atom. The van der Waals surface area contributed by atoms with Crippen molar-refractivity contribution in [3.63, 3.8) is 0 Å². The number of carbonyl (C=O) groups excluding carboxylic acids is 1. The number of aliphatic hydroxyl groups is 1. The van der Waals surface area contributed by atoms with E-state index in [-0.39, 0.29) is 24.7 Å². The van der Waals surface area contributed by atoms with Crippen molar-refractivity contribution in [3.8, 4) is 11.8 Å². The second-order valence-corrected chi connectivity index (χ2v) is 4.97. The van der Waals surface area contributed by atoms with E-state index in [2.05, 4.69) is 11.8 Å². The zero-order valence-corrected chi connectivity index (χ0v) is 11.8. The van der Waals surface area contributed by atoms with Crippen molar-refractivity contribution in [3.05, 3.63) is 35.4 Å². The molecule has 0 aromatic heterocycles. The first kappa shape index (κ1) is 14.6. The second kappa shape index (κ2) is 6.56. The second-order valence-electron chi connectivity index (χ2n) is 4.97. The maximum atomic E-state index is 12.6. The summed E-state index contributed by atoms with van der Waals surface area (Å²) in [5, 5.41) is 8.79. The third-order valence-electron chi connectivity index (χ3n) is 3.17. The van der Waals surface area contributed by atoms with Crippen molar-refractivity contribution in [2.45, 2.75) is 26.1 Å². The molecule has 1 saturated heterocycles. The molecule has 2 unspecified atom stereocenters. The first-order chi connectivity index (χ1) is 9.61. The van der Waals surface area contributed by atoms with Crippen LogP contribution >= 0.6 is 0 Å². The first-order valence-electron chi connectivity index (χ1n) is 6.75. The summed E-state index contributed by atoms with van der Waals surface area (Å²) in [6, 6.07) is 7.23. The fraction of sp³-hybridized carbons (Fsp3) is 0.438. The van der Waals surface area contributed by atoms with Gasteiger partial charge in [-0.25, -0.2) is 0 Å². The van der Waals surface area contributed by atoms with Crippen molar-refractivity contribution in [2.24, 2.45) is 0 Å². The minimum absolute atomic E-state index is 0.0326. The minimum Gasteiger partial charge on any atom is -0.384 e. The van der Waals surface area contributed by atoms with Crippen molar-refractivity contribution >= 4 is 5.91 Å². The Kier molecular flexibility index (Phi) is 4.78. The van der Waals surface area contributed by atoms with Gasteiger partial charge in [-0.1, -0.05) is 24.0 Å². The van der Waals surface area contributed by atoms with Gasteiger partial charge in [0.2, 0.25) is 0 Å². The molecule has 4 nitrogen and oxygen atoms in total. The van der Waals surface area contributed by atoms with Gasteiger partial charge in [-0.15, -0.1) is 0 Å². The number of rotatable bonds is 1. The smallest absolute Gasteiger partial charge is 0.255 e. The monoisotopic (exact) mass is 273 g/mol. The molecule has 1 amide bonds. The van der Waals surface area contributed by atoms with Gasteiger partial charge in [0.15, 0.2) is 0 Å². The molecule has 2 atom stereocenters. The zero-order chi connectivity index (χ0) is 14.5. The van der Waals surface area contributed by atoms with Gasteiger partial charge in [-0.3, -0.25) is 4.79 Å². The Balaban J connectivity index is 2.24. The molecule has 1 aliphatic heterocycles. The molecule has 1 aromatic rings. The molecule has 1 N–H and O–H groups in total. The lowest BCUT2D eigenvalue weighted by Crippen LogP contribution is -2.48.